The van der Waals surface area contributed by atoms with Crippen molar-refractivity contribution in [1.29, 1.82) is 15.8 Å². The van der Waals surface area contributed by atoms with Gasteiger partial charge in [-0.15, -0.1) is 0 Å². The maximum Gasteiger partial charge on any atom is 0.246 e. The Hall–Kier alpha value is -2.88. The fourth-order valence-electron chi connectivity index (χ4n) is 4.92. The average molecular weight is 332 g/mol. The van der Waals surface area contributed by atoms with Crippen molar-refractivity contribution < 1.29 is 9.53 Å². The molecule has 0 aromatic heterocycles. The lowest BCUT2D eigenvalue weighted by atomic mass is 9.51. The van der Waals surface area contributed by atoms with Gasteiger partial charge in [-0.1, -0.05) is 36.8 Å². The summed E-state index contributed by atoms with van der Waals surface area (Å²) in [7, 11) is 0. The number of hydrogen-bond acceptors (Lipinski definition) is 5. The first-order chi connectivity index (χ1) is 12.1. The van der Waals surface area contributed by atoms with Crippen LogP contribution >= 0.6 is 0 Å². The van der Waals surface area contributed by atoms with E-state index < -0.39 is 34.5 Å². The molecule has 25 heavy (non-hydrogen) atoms. The number of carbonyl (C=O) groups excluding carboxylic acids is 1. The Balaban J connectivity index is 2.01. The molecular formula is C19H16N4O2. The molecule has 124 valence electrons. The van der Waals surface area contributed by atoms with E-state index in [0.29, 0.717) is 18.4 Å². The van der Waals surface area contributed by atoms with Crippen molar-refractivity contribution in [3.8, 4) is 18.2 Å². The summed E-state index contributed by atoms with van der Waals surface area (Å²) in [5.41, 5.74) is -3.96. The maximum absolute atomic E-state index is 13.0. The van der Waals surface area contributed by atoms with Crippen LogP contribution in [0, 0.1) is 50.7 Å². The highest BCUT2D eigenvalue weighted by Gasteiger charge is 2.80. The highest BCUT2D eigenvalue weighted by Crippen LogP contribution is 2.67. The predicted molar refractivity (Wildman–Crippen MR) is 84.8 cm³/mol. The normalized spacial score (nSPS) is 37.7. The molecule has 3 fully saturated rings. The number of carbonyl (C=O) groups is 1. The van der Waals surface area contributed by atoms with E-state index in [1.165, 1.54) is 0 Å². The summed E-state index contributed by atoms with van der Waals surface area (Å²) in [4.78, 5) is 13.0. The second kappa shape index (κ2) is 5.06. The van der Waals surface area contributed by atoms with Crippen LogP contribution in [-0.4, -0.2) is 11.6 Å². The first kappa shape index (κ1) is 15.6. The molecule has 1 aromatic carbocycles. The molecule has 1 aliphatic carbocycles. The van der Waals surface area contributed by atoms with E-state index in [1.807, 2.05) is 18.2 Å². The van der Waals surface area contributed by atoms with Crippen LogP contribution in [0.2, 0.25) is 0 Å². The van der Waals surface area contributed by atoms with Gasteiger partial charge in [0.15, 0.2) is 5.41 Å². The van der Waals surface area contributed by atoms with E-state index in [-0.39, 0.29) is 0 Å². The van der Waals surface area contributed by atoms with Crippen LogP contribution in [0.4, 0.5) is 0 Å². The summed E-state index contributed by atoms with van der Waals surface area (Å²) in [5, 5.41) is 33.0. The lowest BCUT2D eigenvalue weighted by Crippen LogP contribution is -2.61. The molecule has 0 unspecified atom stereocenters. The van der Waals surface area contributed by atoms with Crippen molar-refractivity contribution in [3.63, 3.8) is 0 Å². The molecule has 6 heteroatoms. The molecule has 3 aliphatic rings. The Morgan fingerprint density at radius 1 is 1.08 bits per heavy atom. The van der Waals surface area contributed by atoms with Gasteiger partial charge in [0.2, 0.25) is 11.3 Å². The SMILES string of the molecule is N#CC1(C#N)[C@@H](c2ccccc2)O[C@@]23CCCC[C@H]2[C@@]1(C#N)C(=O)N3. The summed E-state index contributed by atoms with van der Waals surface area (Å²) in [6.45, 7) is 0. The summed E-state index contributed by atoms with van der Waals surface area (Å²) in [6, 6.07) is 15.1. The highest BCUT2D eigenvalue weighted by molar-refractivity contribution is 5.92. The Kier molecular flexibility index (Phi) is 3.16. The van der Waals surface area contributed by atoms with Gasteiger partial charge in [-0.3, -0.25) is 4.79 Å². The third-order valence-corrected chi connectivity index (χ3v) is 6.03. The molecule has 2 aliphatic heterocycles. The zero-order valence-corrected chi connectivity index (χ0v) is 13.5. The lowest BCUT2D eigenvalue weighted by Gasteiger charge is -2.52. The molecule has 2 heterocycles. The second-order valence-corrected chi connectivity index (χ2v) is 7.00. The Bertz CT molecular complexity index is 848. The van der Waals surface area contributed by atoms with Gasteiger partial charge in [-0.2, -0.15) is 15.8 Å². The number of nitrogens with zero attached hydrogens (tertiary/aromatic N) is 3. The third kappa shape index (κ3) is 1.62. The number of ether oxygens (including phenoxy) is 1. The van der Waals surface area contributed by atoms with E-state index in [2.05, 4.69) is 11.4 Å². The third-order valence-electron chi connectivity index (χ3n) is 6.03. The van der Waals surface area contributed by atoms with Gasteiger partial charge in [0.05, 0.1) is 18.2 Å². The summed E-state index contributed by atoms with van der Waals surface area (Å²) < 4.78 is 6.32. The van der Waals surface area contributed by atoms with E-state index in [1.54, 1.807) is 24.3 Å². The van der Waals surface area contributed by atoms with Crippen molar-refractivity contribution in [2.75, 3.05) is 0 Å². The van der Waals surface area contributed by atoms with Gasteiger partial charge in [0.1, 0.15) is 11.8 Å². The highest BCUT2D eigenvalue weighted by atomic mass is 16.5. The molecule has 0 radical (unpaired) electrons. The number of rotatable bonds is 1. The Labute approximate surface area is 145 Å². The number of hydrogen-bond donors (Lipinski definition) is 1. The molecule has 1 aromatic rings. The molecule has 2 saturated heterocycles. The number of nitriles is 3. The minimum atomic E-state index is -1.89. The van der Waals surface area contributed by atoms with Gasteiger partial charge in [0, 0.05) is 5.92 Å². The van der Waals surface area contributed by atoms with Crippen molar-refractivity contribution in [2.45, 2.75) is 37.5 Å². The van der Waals surface area contributed by atoms with E-state index in [4.69, 9.17) is 4.74 Å². The van der Waals surface area contributed by atoms with Gasteiger partial charge in [-0.05, 0) is 24.8 Å². The number of amides is 1. The minimum Gasteiger partial charge on any atom is -0.345 e. The summed E-state index contributed by atoms with van der Waals surface area (Å²) in [5.74, 6) is -1.05. The van der Waals surface area contributed by atoms with Crippen LogP contribution < -0.4 is 5.32 Å². The number of benzene rings is 1. The maximum atomic E-state index is 13.0. The minimum absolute atomic E-state index is 0.495. The average Bonchev–Trinajstić information content (AvgIpc) is 2.87. The van der Waals surface area contributed by atoms with Crippen molar-refractivity contribution in [3.05, 3.63) is 35.9 Å². The summed E-state index contributed by atoms with van der Waals surface area (Å²) >= 11 is 0. The van der Waals surface area contributed by atoms with Gasteiger partial charge < -0.3 is 10.1 Å². The van der Waals surface area contributed by atoms with Crippen LogP contribution in [0.1, 0.15) is 37.4 Å². The fourth-order valence-corrected chi connectivity index (χ4v) is 4.92. The van der Waals surface area contributed by atoms with Crippen molar-refractivity contribution in [1.82, 2.24) is 5.32 Å². The van der Waals surface area contributed by atoms with Crippen molar-refractivity contribution in [2.24, 2.45) is 16.7 Å². The molecule has 2 bridgehead atoms. The fraction of sp³-hybridized carbons (Fsp3) is 0.474. The standard InChI is InChI=1S/C19H16N4O2/c20-10-17(11-21)15(13-6-2-1-3-7-13)25-19-9-5-4-8-14(19)18(17,12-22)16(24)23-19/h1-3,6-7,14-15H,4-5,8-9H2,(H,23,24)/t14-,15+,18-,19-/m0/s1. The number of nitrogens with one attached hydrogen (secondary N) is 1. The van der Waals surface area contributed by atoms with Crippen LogP contribution in [0.25, 0.3) is 0 Å². The first-order valence-corrected chi connectivity index (χ1v) is 8.39. The second-order valence-electron chi connectivity index (χ2n) is 7.00. The lowest BCUT2D eigenvalue weighted by molar-refractivity contribution is -0.227. The van der Waals surface area contributed by atoms with Gasteiger partial charge >= 0.3 is 0 Å². The molecule has 4 atom stereocenters. The predicted octanol–water partition coefficient (Wildman–Crippen LogP) is 2.32. The van der Waals surface area contributed by atoms with Crippen LogP contribution in [0.3, 0.4) is 0 Å². The van der Waals surface area contributed by atoms with Crippen LogP contribution in [0.15, 0.2) is 30.3 Å². The van der Waals surface area contributed by atoms with E-state index in [9.17, 15) is 20.6 Å². The van der Waals surface area contributed by atoms with Crippen molar-refractivity contribution >= 4 is 5.91 Å². The molecule has 4 rings (SSSR count). The molecule has 0 spiro atoms. The molecule has 1 amide bonds. The smallest absolute Gasteiger partial charge is 0.246 e. The monoisotopic (exact) mass is 332 g/mol. The van der Waals surface area contributed by atoms with E-state index in [0.717, 1.165) is 12.8 Å². The Morgan fingerprint density at radius 3 is 2.44 bits per heavy atom. The van der Waals surface area contributed by atoms with Gasteiger partial charge in [0.25, 0.3) is 0 Å². The van der Waals surface area contributed by atoms with Crippen LogP contribution in [-0.2, 0) is 9.53 Å². The zero-order valence-electron chi connectivity index (χ0n) is 13.5. The molecule has 6 nitrogen and oxygen atoms in total. The largest absolute Gasteiger partial charge is 0.345 e. The van der Waals surface area contributed by atoms with E-state index >= 15 is 0 Å². The first-order valence-electron chi connectivity index (χ1n) is 8.39. The summed E-state index contributed by atoms with van der Waals surface area (Å²) in [6.07, 6.45) is 1.92. The zero-order chi connectivity index (χ0) is 17.7. The van der Waals surface area contributed by atoms with Crippen LogP contribution in [0.5, 0.6) is 0 Å². The topological polar surface area (TPSA) is 110 Å². The molecule has 1 N–H and O–H groups in total. The van der Waals surface area contributed by atoms with Gasteiger partial charge in [-0.25, -0.2) is 0 Å². The quantitative estimate of drug-likeness (QED) is 0.848. The Morgan fingerprint density at radius 2 is 1.80 bits per heavy atom. The molecular weight excluding hydrogens is 316 g/mol. The molecule has 1 saturated carbocycles.